The number of nitrogens with zero attached hydrogens (tertiary/aromatic N) is 1. The molecule has 1 aromatic rings. The van der Waals surface area contributed by atoms with E-state index in [-0.39, 0.29) is 30.5 Å². The van der Waals surface area contributed by atoms with Crippen LogP contribution < -0.4 is 15.0 Å². The highest BCUT2D eigenvalue weighted by atomic mass is 35.5. The molecule has 114 valence electrons. The summed E-state index contributed by atoms with van der Waals surface area (Å²) in [4.78, 5) is 13.0. The Morgan fingerprint density at radius 1 is 1.40 bits per heavy atom. The van der Waals surface area contributed by atoms with Crippen LogP contribution in [0, 0.1) is 0 Å². The predicted octanol–water partition coefficient (Wildman–Crippen LogP) is 2.58. The molecule has 0 aliphatic rings. The fourth-order valence-electron chi connectivity index (χ4n) is 1.43. The first-order valence-corrected chi connectivity index (χ1v) is 5.60. The molecule has 20 heavy (non-hydrogen) atoms. The van der Waals surface area contributed by atoms with E-state index >= 15 is 0 Å². The number of carbonyl (C=O) groups excluding carboxylic acids is 1. The predicted molar refractivity (Wildman–Crippen MR) is 72.3 cm³/mol. The van der Waals surface area contributed by atoms with E-state index in [1.165, 1.54) is 30.1 Å². The molecule has 0 radical (unpaired) electrons. The van der Waals surface area contributed by atoms with Crippen LogP contribution in [0.2, 0.25) is 0 Å². The van der Waals surface area contributed by atoms with Crippen molar-refractivity contribution in [3.05, 3.63) is 24.3 Å². The molecule has 1 amide bonds. The maximum atomic E-state index is 12.1. The minimum absolute atomic E-state index is 0. The molecule has 0 atom stereocenters. The van der Waals surface area contributed by atoms with Gasteiger partial charge < -0.3 is 15.0 Å². The Labute approximate surface area is 121 Å². The minimum atomic E-state index is -4.74. The molecule has 0 aliphatic heterocycles. The summed E-state index contributed by atoms with van der Waals surface area (Å²) >= 11 is 0. The number of amides is 1. The van der Waals surface area contributed by atoms with Gasteiger partial charge in [-0.1, -0.05) is 6.07 Å². The number of ether oxygens (including phenoxy) is 1. The average Bonchev–Trinajstić information content (AvgIpc) is 2.33. The van der Waals surface area contributed by atoms with Gasteiger partial charge >= 0.3 is 6.36 Å². The van der Waals surface area contributed by atoms with Crippen LogP contribution in [0.15, 0.2) is 24.3 Å². The summed E-state index contributed by atoms with van der Waals surface area (Å²) in [7, 11) is 3.22. The Morgan fingerprint density at radius 2 is 2.05 bits per heavy atom. The number of halogens is 4. The van der Waals surface area contributed by atoms with Gasteiger partial charge in [-0.05, 0) is 19.2 Å². The summed E-state index contributed by atoms with van der Waals surface area (Å²) < 4.78 is 40.1. The van der Waals surface area contributed by atoms with Crippen molar-refractivity contribution in [1.82, 2.24) is 5.32 Å². The van der Waals surface area contributed by atoms with Gasteiger partial charge in [0.1, 0.15) is 5.75 Å². The van der Waals surface area contributed by atoms with Crippen LogP contribution in [0.25, 0.3) is 0 Å². The third-order valence-corrected chi connectivity index (χ3v) is 2.40. The smallest absolute Gasteiger partial charge is 0.406 e. The van der Waals surface area contributed by atoms with Crippen molar-refractivity contribution in [1.29, 1.82) is 0 Å². The van der Waals surface area contributed by atoms with Crippen molar-refractivity contribution in [2.45, 2.75) is 12.8 Å². The molecule has 0 fully saturated rings. The molecular weight excluding hydrogens is 297 g/mol. The summed E-state index contributed by atoms with van der Waals surface area (Å²) in [5.41, 5.74) is 0.350. The summed E-state index contributed by atoms with van der Waals surface area (Å²) in [6, 6.07) is 5.30. The first kappa shape index (κ1) is 18.5. The molecule has 0 bridgehead atoms. The lowest BCUT2D eigenvalue weighted by molar-refractivity contribution is -0.274. The Balaban J connectivity index is 0.00000361. The van der Waals surface area contributed by atoms with E-state index in [0.29, 0.717) is 12.2 Å². The van der Waals surface area contributed by atoms with Crippen LogP contribution in [0.5, 0.6) is 5.75 Å². The normalized spacial score (nSPS) is 10.7. The molecule has 8 heteroatoms. The first-order valence-electron chi connectivity index (χ1n) is 5.60. The van der Waals surface area contributed by atoms with Crippen molar-refractivity contribution in [2.24, 2.45) is 0 Å². The SMILES string of the molecule is CNCCC(=O)N(C)c1cccc(OC(F)(F)F)c1.Cl. The molecule has 1 aromatic carbocycles. The molecule has 1 N–H and O–H groups in total. The minimum Gasteiger partial charge on any atom is -0.406 e. The van der Waals surface area contributed by atoms with Crippen LogP contribution in [0.4, 0.5) is 18.9 Å². The number of hydrogen-bond acceptors (Lipinski definition) is 3. The van der Waals surface area contributed by atoms with E-state index in [9.17, 15) is 18.0 Å². The van der Waals surface area contributed by atoms with E-state index in [2.05, 4.69) is 10.1 Å². The second kappa shape index (κ2) is 7.96. The average molecular weight is 313 g/mol. The van der Waals surface area contributed by atoms with E-state index in [4.69, 9.17) is 0 Å². The molecule has 1 rings (SSSR count). The lowest BCUT2D eigenvalue weighted by atomic mass is 10.2. The third-order valence-electron chi connectivity index (χ3n) is 2.40. The van der Waals surface area contributed by atoms with Crippen molar-refractivity contribution >= 4 is 24.0 Å². The molecular formula is C12H16ClF3N2O2. The van der Waals surface area contributed by atoms with Crippen molar-refractivity contribution in [3.63, 3.8) is 0 Å². The van der Waals surface area contributed by atoms with Gasteiger partial charge in [-0.3, -0.25) is 4.79 Å². The number of anilines is 1. The number of rotatable bonds is 5. The zero-order valence-corrected chi connectivity index (χ0v) is 11.8. The van der Waals surface area contributed by atoms with Crippen LogP contribution in [0.1, 0.15) is 6.42 Å². The van der Waals surface area contributed by atoms with Gasteiger partial charge in [0.2, 0.25) is 5.91 Å². The molecule has 0 heterocycles. The van der Waals surface area contributed by atoms with Crippen LogP contribution in [-0.2, 0) is 4.79 Å². The highest BCUT2D eigenvalue weighted by molar-refractivity contribution is 5.93. The molecule has 0 aromatic heterocycles. The zero-order valence-electron chi connectivity index (χ0n) is 11.0. The second-order valence-electron chi connectivity index (χ2n) is 3.85. The summed E-state index contributed by atoms with van der Waals surface area (Å²) in [5, 5.41) is 2.83. The Bertz CT molecular complexity index is 441. The van der Waals surface area contributed by atoms with Crippen LogP contribution in [-0.4, -0.2) is 32.9 Å². The van der Waals surface area contributed by atoms with Gasteiger partial charge in [0, 0.05) is 31.8 Å². The van der Waals surface area contributed by atoms with E-state index < -0.39 is 6.36 Å². The molecule has 0 saturated carbocycles. The van der Waals surface area contributed by atoms with Gasteiger partial charge in [0.05, 0.1) is 0 Å². The Kier molecular flexibility index (Phi) is 7.38. The summed E-state index contributed by atoms with van der Waals surface area (Å²) in [6.45, 7) is 0.502. The first-order chi connectivity index (χ1) is 8.83. The lowest BCUT2D eigenvalue weighted by Crippen LogP contribution is -2.29. The zero-order chi connectivity index (χ0) is 14.5. The van der Waals surface area contributed by atoms with Gasteiger partial charge in [-0.25, -0.2) is 0 Å². The monoisotopic (exact) mass is 312 g/mol. The topological polar surface area (TPSA) is 41.6 Å². The Hall–Kier alpha value is -1.47. The van der Waals surface area contributed by atoms with Gasteiger partial charge in [-0.15, -0.1) is 25.6 Å². The molecule has 0 spiro atoms. The number of alkyl halides is 3. The Morgan fingerprint density at radius 3 is 2.60 bits per heavy atom. The van der Waals surface area contributed by atoms with Gasteiger partial charge in [-0.2, -0.15) is 0 Å². The second-order valence-corrected chi connectivity index (χ2v) is 3.85. The lowest BCUT2D eigenvalue weighted by Gasteiger charge is -2.18. The maximum absolute atomic E-state index is 12.1. The fraction of sp³-hybridized carbons (Fsp3) is 0.417. The highest BCUT2D eigenvalue weighted by Crippen LogP contribution is 2.26. The third kappa shape index (κ3) is 6.12. The summed E-state index contributed by atoms with van der Waals surface area (Å²) in [5.74, 6) is -0.545. The van der Waals surface area contributed by atoms with E-state index in [1.54, 1.807) is 13.1 Å². The van der Waals surface area contributed by atoms with E-state index in [0.717, 1.165) is 0 Å². The van der Waals surface area contributed by atoms with Crippen molar-refractivity contribution in [3.8, 4) is 5.75 Å². The van der Waals surface area contributed by atoms with Crippen LogP contribution in [0.3, 0.4) is 0 Å². The maximum Gasteiger partial charge on any atom is 0.573 e. The largest absolute Gasteiger partial charge is 0.573 e. The van der Waals surface area contributed by atoms with Gasteiger partial charge in [0.15, 0.2) is 0 Å². The molecule has 0 aliphatic carbocycles. The number of nitrogens with one attached hydrogen (secondary N) is 1. The standard InChI is InChI=1S/C12H15F3N2O2.ClH/c1-16-7-6-11(18)17(2)9-4-3-5-10(8-9)19-12(13,14)15;/h3-5,8,16H,6-7H2,1-2H3;1H. The molecule has 0 unspecified atom stereocenters. The number of benzene rings is 1. The van der Waals surface area contributed by atoms with Crippen molar-refractivity contribution in [2.75, 3.05) is 25.5 Å². The fourth-order valence-corrected chi connectivity index (χ4v) is 1.43. The van der Waals surface area contributed by atoms with Crippen LogP contribution >= 0.6 is 12.4 Å². The number of carbonyl (C=O) groups is 1. The molecule has 0 saturated heterocycles. The van der Waals surface area contributed by atoms with E-state index in [1.807, 2.05) is 0 Å². The number of hydrogen-bond donors (Lipinski definition) is 1. The highest BCUT2D eigenvalue weighted by Gasteiger charge is 2.31. The van der Waals surface area contributed by atoms with Crippen molar-refractivity contribution < 1.29 is 22.7 Å². The molecule has 4 nitrogen and oxygen atoms in total. The summed E-state index contributed by atoms with van der Waals surface area (Å²) in [6.07, 6.45) is -4.48. The van der Waals surface area contributed by atoms with Gasteiger partial charge in [0.25, 0.3) is 0 Å². The quantitative estimate of drug-likeness (QED) is 0.908.